The number of alkyl halides is 3. The first-order valence-corrected chi connectivity index (χ1v) is 2.23. The minimum atomic E-state index is -4.33. The topological polar surface area (TPSA) is 43.1 Å². The van der Waals surface area contributed by atoms with Crippen molar-refractivity contribution in [2.75, 3.05) is 0 Å². The molecule has 0 aliphatic heterocycles. The molecule has 0 bridgehead atoms. The van der Waals surface area contributed by atoms with E-state index in [1.54, 1.807) is 0 Å². The molecule has 0 rings (SSSR count). The highest BCUT2D eigenvalue weighted by Gasteiger charge is 2.29. The quantitative estimate of drug-likeness (QED) is 0.568. The van der Waals surface area contributed by atoms with Gasteiger partial charge < -0.3 is 10.5 Å². The maximum atomic E-state index is 11.3. The Hall–Kier alpha value is -0.580. The lowest BCUT2D eigenvalue weighted by Crippen LogP contribution is -2.28. The number of hydrogen-bond acceptors (Lipinski definition) is 2. The van der Waals surface area contributed by atoms with E-state index in [0.717, 1.165) is 0 Å². The number of nitrogens with two attached hydrogens (primary N) is 1. The fourth-order valence-corrected chi connectivity index (χ4v) is 0.315. The Labute approximate surface area is 49.8 Å². The molecule has 0 radical (unpaired) electrons. The fourth-order valence-electron chi connectivity index (χ4n) is 0.315. The van der Waals surface area contributed by atoms with Crippen molar-refractivity contribution >= 4 is 6.29 Å². The molecule has 0 heterocycles. The molecular weight excluding hydrogens is 135 g/mol. The van der Waals surface area contributed by atoms with Crippen LogP contribution >= 0.6 is 0 Å². The standard InChI is InChI=1S/C4H6F3NO/c5-4(6,7)1-3(8)2-9/h2-3H,1,8H2. The molecule has 0 aromatic rings. The average Bonchev–Trinajstić information content (AvgIpc) is 1.62. The van der Waals surface area contributed by atoms with Crippen molar-refractivity contribution in [2.45, 2.75) is 18.6 Å². The van der Waals surface area contributed by atoms with Gasteiger partial charge in [0.15, 0.2) is 0 Å². The summed E-state index contributed by atoms with van der Waals surface area (Å²) in [5, 5.41) is 0. The fraction of sp³-hybridized carbons (Fsp3) is 0.750. The van der Waals surface area contributed by atoms with E-state index in [4.69, 9.17) is 0 Å². The Balaban J connectivity index is 3.59. The molecule has 1 atom stereocenters. The van der Waals surface area contributed by atoms with Crippen LogP contribution in [0.5, 0.6) is 0 Å². The first-order chi connectivity index (χ1) is 3.95. The van der Waals surface area contributed by atoms with Crippen LogP contribution in [-0.2, 0) is 4.79 Å². The van der Waals surface area contributed by atoms with Gasteiger partial charge in [0, 0.05) is 0 Å². The van der Waals surface area contributed by atoms with Gasteiger partial charge in [0.2, 0.25) is 0 Å². The molecule has 0 amide bonds. The zero-order valence-corrected chi connectivity index (χ0v) is 4.48. The molecule has 0 spiro atoms. The van der Waals surface area contributed by atoms with Crippen molar-refractivity contribution in [3.05, 3.63) is 0 Å². The van der Waals surface area contributed by atoms with E-state index in [0.29, 0.717) is 0 Å². The Morgan fingerprint density at radius 2 is 2.00 bits per heavy atom. The summed E-state index contributed by atoms with van der Waals surface area (Å²) in [5.41, 5.74) is 4.67. The monoisotopic (exact) mass is 141 g/mol. The summed E-state index contributed by atoms with van der Waals surface area (Å²) in [6, 6.07) is -1.41. The number of halogens is 3. The van der Waals surface area contributed by atoms with Gasteiger partial charge >= 0.3 is 6.18 Å². The van der Waals surface area contributed by atoms with Crippen LogP contribution in [0.4, 0.5) is 13.2 Å². The van der Waals surface area contributed by atoms with Gasteiger partial charge in [-0.05, 0) is 0 Å². The maximum Gasteiger partial charge on any atom is 0.391 e. The molecule has 2 N–H and O–H groups in total. The largest absolute Gasteiger partial charge is 0.391 e. The van der Waals surface area contributed by atoms with E-state index in [2.05, 4.69) is 5.73 Å². The zero-order valence-electron chi connectivity index (χ0n) is 4.48. The predicted octanol–water partition coefficient (Wildman–Crippen LogP) is 0.465. The van der Waals surface area contributed by atoms with Gasteiger partial charge in [-0.2, -0.15) is 13.2 Å². The van der Waals surface area contributed by atoms with Crippen molar-refractivity contribution in [3.63, 3.8) is 0 Å². The number of carbonyl (C=O) groups is 1. The van der Waals surface area contributed by atoms with Crippen LogP contribution in [-0.4, -0.2) is 18.5 Å². The summed E-state index contributed by atoms with van der Waals surface area (Å²) < 4.78 is 33.8. The van der Waals surface area contributed by atoms with E-state index < -0.39 is 18.6 Å². The van der Waals surface area contributed by atoms with E-state index in [-0.39, 0.29) is 6.29 Å². The van der Waals surface area contributed by atoms with Crippen LogP contribution in [0.15, 0.2) is 0 Å². The number of hydrogen-bond donors (Lipinski definition) is 1. The van der Waals surface area contributed by atoms with Crippen LogP contribution in [0, 0.1) is 0 Å². The Morgan fingerprint density at radius 1 is 1.56 bits per heavy atom. The van der Waals surface area contributed by atoms with Crippen molar-refractivity contribution in [1.29, 1.82) is 0 Å². The summed E-state index contributed by atoms with van der Waals surface area (Å²) in [5.74, 6) is 0. The van der Waals surface area contributed by atoms with Gasteiger partial charge in [-0.25, -0.2) is 0 Å². The van der Waals surface area contributed by atoms with Gasteiger partial charge in [0.25, 0.3) is 0 Å². The van der Waals surface area contributed by atoms with Crippen LogP contribution in [0.2, 0.25) is 0 Å². The van der Waals surface area contributed by atoms with Crippen LogP contribution < -0.4 is 5.73 Å². The smallest absolute Gasteiger partial charge is 0.321 e. The van der Waals surface area contributed by atoms with E-state index >= 15 is 0 Å². The number of aldehydes is 1. The zero-order chi connectivity index (χ0) is 7.49. The van der Waals surface area contributed by atoms with Gasteiger partial charge in [-0.3, -0.25) is 0 Å². The molecule has 5 heteroatoms. The molecule has 2 nitrogen and oxygen atoms in total. The molecule has 54 valence electrons. The third-order valence-corrected chi connectivity index (χ3v) is 0.642. The number of carbonyl (C=O) groups excluding carboxylic acids is 1. The molecule has 0 aromatic carbocycles. The SMILES string of the molecule is NC(C=O)CC(F)(F)F. The molecule has 0 aliphatic carbocycles. The van der Waals surface area contributed by atoms with E-state index in [1.165, 1.54) is 0 Å². The molecule has 0 aromatic heterocycles. The molecule has 0 saturated carbocycles. The molecular formula is C4H6F3NO. The molecule has 1 unspecified atom stereocenters. The summed E-state index contributed by atoms with van der Waals surface area (Å²) in [7, 11) is 0. The van der Waals surface area contributed by atoms with E-state index in [9.17, 15) is 18.0 Å². The van der Waals surface area contributed by atoms with Crippen LogP contribution in [0.25, 0.3) is 0 Å². The second kappa shape index (κ2) is 2.82. The Bertz CT molecular complexity index is 100. The Kier molecular flexibility index (Phi) is 2.64. The predicted molar refractivity (Wildman–Crippen MR) is 24.7 cm³/mol. The minimum absolute atomic E-state index is 0.0769. The number of rotatable bonds is 2. The van der Waals surface area contributed by atoms with Gasteiger partial charge in [0.1, 0.15) is 6.29 Å². The highest BCUT2D eigenvalue weighted by Crippen LogP contribution is 2.19. The normalized spacial score (nSPS) is 15.1. The van der Waals surface area contributed by atoms with Crippen LogP contribution in [0.3, 0.4) is 0 Å². The van der Waals surface area contributed by atoms with Gasteiger partial charge in [0.05, 0.1) is 12.5 Å². The third-order valence-electron chi connectivity index (χ3n) is 0.642. The highest BCUT2D eigenvalue weighted by molar-refractivity contribution is 5.56. The first kappa shape index (κ1) is 8.42. The lowest BCUT2D eigenvalue weighted by molar-refractivity contribution is -0.142. The van der Waals surface area contributed by atoms with Crippen molar-refractivity contribution in [1.82, 2.24) is 0 Å². The molecule has 9 heavy (non-hydrogen) atoms. The average molecular weight is 141 g/mol. The Morgan fingerprint density at radius 3 is 2.11 bits per heavy atom. The van der Waals surface area contributed by atoms with Crippen molar-refractivity contribution < 1.29 is 18.0 Å². The third kappa shape index (κ3) is 5.29. The maximum absolute atomic E-state index is 11.3. The summed E-state index contributed by atoms with van der Waals surface area (Å²) in [4.78, 5) is 9.56. The molecule has 0 saturated heterocycles. The summed E-state index contributed by atoms with van der Waals surface area (Å²) in [6.45, 7) is 0. The van der Waals surface area contributed by atoms with Crippen LogP contribution in [0.1, 0.15) is 6.42 Å². The van der Waals surface area contributed by atoms with Crippen molar-refractivity contribution in [3.8, 4) is 0 Å². The summed E-state index contributed by atoms with van der Waals surface area (Å²) >= 11 is 0. The minimum Gasteiger partial charge on any atom is -0.321 e. The van der Waals surface area contributed by atoms with E-state index in [1.807, 2.05) is 0 Å². The van der Waals surface area contributed by atoms with Crippen molar-refractivity contribution in [2.24, 2.45) is 5.73 Å². The highest BCUT2D eigenvalue weighted by atomic mass is 19.4. The lowest BCUT2D eigenvalue weighted by Gasteiger charge is -2.06. The molecule has 0 aliphatic rings. The summed E-state index contributed by atoms with van der Waals surface area (Å²) in [6.07, 6.45) is -5.50. The molecule has 0 fully saturated rings. The van der Waals surface area contributed by atoms with Gasteiger partial charge in [-0.1, -0.05) is 0 Å². The van der Waals surface area contributed by atoms with Gasteiger partial charge in [-0.15, -0.1) is 0 Å². The lowest BCUT2D eigenvalue weighted by atomic mass is 10.2. The first-order valence-electron chi connectivity index (χ1n) is 2.23. The second-order valence-corrected chi connectivity index (χ2v) is 1.62. The second-order valence-electron chi connectivity index (χ2n) is 1.62.